The summed E-state index contributed by atoms with van der Waals surface area (Å²) in [4.78, 5) is 16.4. The molecule has 1 aromatic carbocycles. The largest absolute Gasteiger partial charge is 0.466 e. The average molecular weight is 270 g/mol. The summed E-state index contributed by atoms with van der Waals surface area (Å²) < 4.78 is 10.8. The SMILES string of the molecule is Cc1cc(C(=O)Nc2ccc3oc(C)nc3c2)c(C)o1. The van der Waals surface area contributed by atoms with Gasteiger partial charge in [0, 0.05) is 12.6 Å². The minimum absolute atomic E-state index is 0.195. The number of rotatable bonds is 2. The quantitative estimate of drug-likeness (QED) is 0.772. The predicted molar refractivity (Wildman–Crippen MR) is 74.9 cm³/mol. The zero-order chi connectivity index (χ0) is 14.3. The summed E-state index contributed by atoms with van der Waals surface area (Å²) in [6.07, 6.45) is 0. The van der Waals surface area contributed by atoms with Crippen LogP contribution in [0.4, 0.5) is 5.69 Å². The monoisotopic (exact) mass is 270 g/mol. The van der Waals surface area contributed by atoms with E-state index in [4.69, 9.17) is 8.83 Å². The number of furan rings is 1. The van der Waals surface area contributed by atoms with Gasteiger partial charge in [0.2, 0.25) is 0 Å². The summed E-state index contributed by atoms with van der Waals surface area (Å²) >= 11 is 0. The molecule has 1 N–H and O–H groups in total. The number of hydrogen-bond donors (Lipinski definition) is 1. The van der Waals surface area contributed by atoms with E-state index < -0.39 is 0 Å². The van der Waals surface area contributed by atoms with E-state index >= 15 is 0 Å². The van der Waals surface area contributed by atoms with Gasteiger partial charge in [-0.25, -0.2) is 4.98 Å². The summed E-state index contributed by atoms with van der Waals surface area (Å²) in [6, 6.07) is 7.08. The fourth-order valence-electron chi connectivity index (χ4n) is 2.18. The van der Waals surface area contributed by atoms with Crippen LogP contribution in [0, 0.1) is 20.8 Å². The lowest BCUT2D eigenvalue weighted by atomic mass is 10.2. The number of fused-ring (bicyclic) bond motifs is 1. The van der Waals surface area contributed by atoms with Crippen molar-refractivity contribution >= 4 is 22.7 Å². The van der Waals surface area contributed by atoms with E-state index in [1.165, 1.54) is 0 Å². The number of aryl methyl sites for hydroxylation is 3. The molecule has 1 amide bonds. The van der Waals surface area contributed by atoms with Gasteiger partial charge in [0.1, 0.15) is 17.0 Å². The van der Waals surface area contributed by atoms with Crippen molar-refractivity contribution in [2.24, 2.45) is 0 Å². The van der Waals surface area contributed by atoms with E-state index in [1.807, 2.05) is 6.92 Å². The van der Waals surface area contributed by atoms with Crippen LogP contribution < -0.4 is 5.32 Å². The van der Waals surface area contributed by atoms with E-state index in [1.54, 1.807) is 38.1 Å². The highest BCUT2D eigenvalue weighted by atomic mass is 16.3. The molecule has 0 fully saturated rings. The van der Waals surface area contributed by atoms with Gasteiger partial charge >= 0.3 is 0 Å². The number of nitrogens with one attached hydrogen (secondary N) is 1. The number of hydrogen-bond acceptors (Lipinski definition) is 4. The van der Waals surface area contributed by atoms with Crippen LogP contribution in [-0.4, -0.2) is 10.9 Å². The maximum absolute atomic E-state index is 12.2. The molecule has 5 nitrogen and oxygen atoms in total. The highest BCUT2D eigenvalue weighted by Gasteiger charge is 2.14. The van der Waals surface area contributed by atoms with Crippen molar-refractivity contribution in [3.63, 3.8) is 0 Å². The minimum Gasteiger partial charge on any atom is -0.466 e. The maximum Gasteiger partial charge on any atom is 0.259 e. The minimum atomic E-state index is -0.195. The highest BCUT2D eigenvalue weighted by Crippen LogP contribution is 2.21. The number of anilines is 1. The molecular weight excluding hydrogens is 256 g/mol. The maximum atomic E-state index is 12.2. The number of oxazole rings is 1. The Morgan fingerprint density at radius 1 is 1.15 bits per heavy atom. The van der Waals surface area contributed by atoms with Crippen LogP contribution in [0.15, 0.2) is 33.1 Å². The number of carbonyl (C=O) groups is 1. The van der Waals surface area contributed by atoms with Gasteiger partial charge in [-0.3, -0.25) is 4.79 Å². The van der Waals surface area contributed by atoms with Gasteiger partial charge in [0.15, 0.2) is 11.5 Å². The van der Waals surface area contributed by atoms with Gasteiger partial charge in [-0.1, -0.05) is 0 Å². The molecule has 0 aliphatic rings. The molecule has 0 atom stereocenters. The van der Waals surface area contributed by atoms with Crippen molar-refractivity contribution in [1.29, 1.82) is 0 Å². The molecule has 3 aromatic rings. The van der Waals surface area contributed by atoms with Crippen LogP contribution in [0.1, 0.15) is 27.8 Å². The van der Waals surface area contributed by atoms with Crippen molar-refractivity contribution in [3.05, 3.63) is 47.2 Å². The summed E-state index contributed by atoms with van der Waals surface area (Å²) in [7, 11) is 0. The van der Waals surface area contributed by atoms with E-state index in [0.717, 1.165) is 11.3 Å². The van der Waals surface area contributed by atoms with E-state index in [0.29, 0.717) is 28.5 Å². The number of nitrogens with zero attached hydrogens (tertiary/aromatic N) is 1. The molecule has 0 aliphatic heterocycles. The molecule has 0 saturated carbocycles. The molecule has 0 bridgehead atoms. The van der Waals surface area contributed by atoms with Crippen molar-refractivity contribution in [1.82, 2.24) is 4.98 Å². The molecule has 0 radical (unpaired) electrons. The van der Waals surface area contributed by atoms with Gasteiger partial charge in [-0.05, 0) is 38.1 Å². The molecule has 0 aliphatic carbocycles. The summed E-state index contributed by atoms with van der Waals surface area (Å²) in [5.74, 6) is 1.73. The fourth-order valence-corrected chi connectivity index (χ4v) is 2.18. The van der Waals surface area contributed by atoms with Crippen LogP contribution >= 0.6 is 0 Å². The number of carbonyl (C=O) groups excluding carboxylic acids is 1. The van der Waals surface area contributed by atoms with E-state index in [2.05, 4.69) is 10.3 Å². The lowest BCUT2D eigenvalue weighted by Gasteiger charge is -2.03. The van der Waals surface area contributed by atoms with Crippen LogP contribution in [0.2, 0.25) is 0 Å². The van der Waals surface area contributed by atoms with Crippen molar-refractivity contribution < 1.29 is 13.6 Å². The summed E-state index contributed by atoms with van der Waals surface area (Å²) in [5.41, 5.74) is 2.64. The zero-order valence-corrected chi connectivity index (χ0v) is 11.5. The second-order valence-corrected chi connectivity index (χ2v) is 4.70. The Morgan fingerprint density at radius 2 is 1.95 bits per heavy atom. The van der Waals surface area contributed by atoms with Gasteiger partial charge < -0.3 is 14.2 Å². The Labute approximate surface area is 115 Å². The number of amides is 1. The summed E-state index contributed by atoms with van der Waals surface area (Å²) in [5, 5.41) is 2.83. The van der Waals surface area contributed by atoms with Crippen LogP contribution in [0.3, 0.4) is 0 Å². The Kier molecular flexibility index (Phi) is 2.82. The van der Waals surface area contributed by atoms with Crippen molar-refractivity contribution in [3.8, 4) is 0 Å². The van der Waals surface area contributed by atoms with Crippen LogP contribution in [0.25, 0.3) is 11.1 Å². The molecule has 0 spiro atoms. The Bertz CT molecular complexity index is 799. The Balaban J connectivity index is 1.88. The second-order valence-electron chi connectivity index (χ2n) is 4.70. The number of benzene rings is 1. The zero-order valence-electron chi connectivity index (χ0n) is 11.5. The number of aromatic nitrogens is 1. The first kappa shape index (κ1) is 12.5. The second kappa shape index (κ2) is 4.52. The predicted octanol–water partition coefficient (Wildman–Crippen LogP) is 3.60. The summed E-state index contributed by atoms with van der Waals surface area (Å²) in [6.45, 7) is 5.37. The molecule has 20 heavy (non-hydrogen) atoms. The van der Waals surface area contributed by atoms with Gasteiger partial charge in [-0.2, -0.15) is 0 Å². The third-order valence-electron chi connectivity index (χ3n) is 3.04. The first-order chi connectivity index (χ1) is 9.52. The smallest absolute Gasteiger partial charge is 0.259 e. The normalized spacial score (nSPS) is 10.9. The molecular formula is C15H14N2O3. The third-order valence-corrected chi connectivity index (χ3v) is 3.04. The average Bonchev–Trinajstić information content (AvgIpc) is 2.90. The van der Waals surface area contributed by atoms with Crippen molar-refractivity contribution in [2.45, 2.75) is 20.8 Å². The lowest BCUT2D eigenvalue weighted by molar-refractivity contribution is 0.102. The van der Waals surface area contributed by atoms with Gasteiger partial charge in [0.25, 0.3) is 5.91 Å². The van der Waals surface area contributed by atoms with E-state index in [9.17, 15) is 4.79 Å². The lowest BCUT2D eigenvalue weighted by Crippen LogP contribution is -2.11. The Morgan fingerprint density at radius 3 is 2.65 bits per heavy atom. The van der Waals surface area contributed by atoms with Crippen LogP contribution in [-0.2, 0) is 0 Å². The fraction of sp³-hybridized carbons (Fsp3) is 0.200. The topological polar surface area (TPSA) is 68.3 Å². The molecule has 0 unspecified atom stereocenters. The van der Waals surface area contributed by atoms with Crippen LogP contribution in [0.5, 0.6) is 0 Å². The molecule has 2 heterocycles. The third kappa shape index (κ3) is 2.18. The molecule has 5 heteroatoms. The first-order valence-corrected chi connectivity index (χ1v) is 6.28. The van der Waals surface area contributed by atoms with E-state index in [-0.39, 0.29) is 5.91 Å². The van der Waals surface area contributed by atoms with Gasteiger partial charge in [0.05, 0.1) is 5.56 Å². The highest BCUT2D eigenvalue weighted by molar-refractivity contribution is 6.05. The molecule has 2 aromatic heterocycles. The standard InChI is InChI=1S/C15H14N2O3/c1-8-6-12(9(2)19-8)15(18)17-11-4-5-14-13(7-11)16-10(3)20-14/h4-7H,1-3H3,(H,17,18). The molecule has 0 saturated heterocycles. The molecule has 3 rings (SSSR count). The first-order valence-electron chi connectivity index (χ1n) is 6.28. The Hall–Kier alpha value is -2.56. The van der Waals surface area contributed by atoms with Crippen molar-refractivity contribution in [2.75, 3.05) is 5.32 Å². The van der Waals surface area contributed by atoms with Gasteiger partial charge in [-0.15, -0.1) is 0 Å². The molecule has 102 valence electrons.